The van der Waals surface area contributed by atoms with Crippen molar-refractivity contribution in [2.45, 2.75) is 4.90 Å². The van der Waals surface area contributed by atoms with Crippen LogP contribution >= 0.6 is 11.6 Å². The fourth-order valence-corrected chi connectivity index (χ4v) is 3.64. The third kappa shape index (κ3) is 5.53. The quantitative estimate of drug-likeness (QED) is 0.295. The third-order valence-corrected chi connectivity index (χ3v) is 5.55. The summed E-state index contributed by atoms with van der Waals surface area (Å²) >= 11 is 5.76. The third-order valence-electron chi connectivity index (χ3n) is 3.92. The Hall–Kier alpha value is -3.57. The van der Waals surface area contributed by atoms with Crippen LogP contribution in [0.2, 0.25) is 5.02 Å². The van der Waals surface area contributed by atoms with Gasteiger partial charge < -0.3 is 0 Å². The first kappa shape index (κ1) is 22.1. The lowest BCUT2D eigenvalue weighted by Crippen LogP contribution is -2.13. The maximum absolute atomic E-state index is 13.6. The van der Waals surface area contributed by atoms with E-state index >= 15 is 0 Å². The molecular weight excluding hydrogens is 454 g/mol. The van der Waals surface area contributed by atoms with Crippen LogP contribution in [-0.2, 0) is 10.0 Å². The summed E-state index contributed by atoms with van der Waals surface area (Å²) in [6.45, 7) is 0. The summed E-state index contributed by atoms with van der Waals surface area (Å²) < 4.78 is 53.9. The molecule has 3 aromatic rings. The minimum Gasteiger partial charge on any atom is -0.280 e. The Bertz CT molecular complexity index is 1270. The molecule has 3 aromatic carbocycles. The number of halogens is 3. The van der Waals surface area contributed by atoms with E-state index in [4.69, 9.17) is 11.6 Å². The number of hydrogen-bond donors (Lipinski definition) is 2. The molecule has 12 heteroatoms. The minimum absolute atomic E-state index is 0.0529. The van der Waals surface area contributed by atoms with Crippen molar-refractivity contribution in [2.24, 2.45) is 5.10 Å². The van der Waals surface area contributed by atoms with Crippen LogP contribution in [0.5, 0.6) is 0 Å². The van der Waals surface area contributed by atoms with Crippen LogP contribution in [-0.4, -0.2) is 19.6 Å². The van der Waals surface area contributed by atoms with E-state index in [1.165, 1.54) is 24.3 Å². The Morgan fingerprint density at radius 3 is 2.39 bits per heavy atom. The van der Waals surface area contributed by atoms with Crippen LogP contribution in [0.15, 0.2) is 70.7 Å². The molecular formula is C19H13ClF2N4O4S. The number of nitrogens with zero attached hydrogens (tertiary/aromatic N) is 2. The second-order valence-electron chi connectivity index (χ2n) is 6.08. The minimum atomic E-state index is -4.12. The molecule has 0 aliphatic rings. The molecule has 2 N–H and O–H groups in total. The fourth-order valence-electron chi connectivity index (χ4n) is 2.43. The molecule has 0 aromatic heterocycles. The number of nitro benzene ring substituents is 1. The molecule has 8 nitrogen and oxygen atoms in total. The fraction of sp³-hybridized carbons (Fsp3) is 0. The molecule has 0 bridgehead atoms. The van der Waals surface area contributed by atoms with Gasteiger partial charge in [-0.15, -0.1) is 0 Å². The van der Waals surface area contributed by atoms with E-state index in [0.29, 0.717) is 11.1 Å². The Labute approximate surface area is 180 Å². The maximum Gasteiger partial charge on any atom is 0.295 e. The van der Waals surface area contributed by atoms with Crippen molar-refractivity contribution in [3.63, 3.8) is 0 Å². The van der Waals surface area contributed by atoms with Gasteiger partial charge in [-0.2, -0.15) is 5.10 Å². The summed E-state index contributed by atoms with van der Waals surface area (Å²) in [4.78, 5) is 10.3. The van der Waals surface area contributed by atoms with Crippen LogP contribution in [0.1, 0.15) is 5.56 Å². The number of benzene rings is 3. The normalized spacial score (nSPS) is 11.5. The first-order valence-corrected chi connectivity index (χ1v) is 10.3. The van der Waals surface area contributed by atoms with Gasteiger partial charge in [0.2, 0.25) is 0 Å². The van der Waals surface area contributed by atoms with Crippen molar-refractivity contribution < 1.29 is 22.1 Å². The average Bonchev–Trinajstić information content (AvgIpc) is 2.71. The number of hydrogen-bond acceptors (Lipinski definition) is 6. The number of hydrazone groups is 1. The number of sulfonamides is 1. The van der Waals surface area contributed by atoms with E-state index in [0.717, 1.165) is 36.5 Å². The highest BCUT2D eigenvalue weighted by Gasteiger charge is 2.21. The highest BCUT2D eigenvalue weighted by atomic mass is 35.5. The molecule has 3 rings (SSSR count). The van der Waals surface area contributed by atoms with Gasteiger partial charge in [0.05, 0.1) is 16.0 Å². The van der Waals surface area contributed by atoms with Gasteiger partial charge in [-0.25, -0.2) is 17.2 Å². The van der Waals surface area contributed by atoms with Crippen molar-refractivity contribution in [3.8, 4) is 0 Å². The molecule has 0 heterocycles. The van der Waals surface area contributed by atoms with Crippen LogP contribution in [0.4, 0.5) is 25.8 Å². The van der Waals surface area contributed by atoms with Crippen LogP contribution < -0.4 is 10.1 Å². The van der Waals surface area contributed by atoms with Gasteiger partial charge in [0, 0.05) is 28.4 Å². The summed E-state index contributed by atoms with van der Waals surface area (Å²) in [5, 5.41) is 15.5. The lowest BCUT2D eigenvalue weighted by Gasteiger charge is -2.09. The lowest BCUT2D eigenvalue weighted by molar-refractivity contribution is -0.384. The van der Waals surface area contributed by atoms with Crippen molar-refractivity contribution in [1.29, 1.82) is 0 Å². The summed E-state index contributed by atoms with van der Waals surface area (Å²) in [5.74, 6) is -1.63. The van der Waals surface area contributed by atoms with Gasteiger partial charge >= 0.3 is 0 Å². The van der Waals surface area contributed by atoms with E-state index in [1.807, 2.05) is 0 Å². The van der Waals surface area contributed by atoms with Crippen molar-refractivity contribution >= 4 is 44.9 Å². The number of rotatable bonds is 7. The number of anilines is 2. The Balaban J connectivity index is 1.84. The van der Waals surface area contributed by atoms with Gasteiger partial charge in [-0.3, -0.25) is 20.3 Å². The van der Waals surface area contributed by atoms with Gasteiger partial charge in [0.25, 0.3) is 15.7 Å². The van der Waals surface area contributed by atoms with Gasteiger partial charge in [0.15, 0.2) is 0 Å². The standard InChI is InChI=1S/C19H13ClF2N4O4S/c20-13-2-5-15(6-3-13)25-31(29,30)16-7-8-18(19(10-16)26(27)28)24-23-11-12-1-4-14(21)9-17(12)22/h1-11,24-25H. The van der Waals surface area contributed by atoms with E-state index in [2.05, 4.69) is 15.2 Å². The Morgan fingerprint density at radius 1 is 1.03 bits per heavy atom. The van der Waals surface area contributed by atoms with E-state index in [1.54, 1.807) is 0 Å². The molecule has 0 atom stereocenters. The van der Waals surface area contributed by atoms with Gasteiger partial charge in [-0.05, 0) is 48.5 Å². The first-order valence-electron chi connectivity index (χ1n) is 8.47. The molecule has 0 spiro atoms. The predicted octanol–water partition coefficient (Wildman–Crippen LogP) is 4.77. The molecule has 0 aliphatic heterocycles. The average molecular weight is 467 g/mol. The smallest absolute Gasteiger partial charge is 0.280 e. The zero-order valence-corrected chi connectivity index (χ0v) is 17.0. The van der Waals surface area contributed by atoms with Crippen LogP contribution in [0.25, 0.3) is 0 Å². The SMILES string of the molecule is O=[N+]([O-])c1cc(S(=O)(=O)Nc2ccc(Cl)cc2)ccc1NN=Cc1ccc(F)cc1F. The highest BCUT2D eigenvalue weighted by Crippen LogP contribution is 2.29. The van der Waals surface area contributed by atoms with Crippen molar-refractivity contribution in [1.82, 2.24) is 0 Å². The van der Waals surface area contributed by atoms with Gasteiger partial charge in [-0.1, -0.05) is 11.6 Å². The van der Waals surface area contributed by atoms with E-state index in [9.17, 15) is 27.3 Å². The van der Waals surface area contributed by atoms with Crippen LogP contribution in [0.3, 0.4) is 0 Å². The number of nitrogens with one attached hydrogen (secondary N) is 2. The molecule has 160 valence electrons. The molecule has 0 aliphatic carbocycles. The summed E-state index contributed by atoms with van der Waals surface area (Å²) in [6, 6.07) is 11.8. The molecule has 31 heavy (non-hydrogen) atoms. The van der Waals surface area contributed by atoms with Crippen LogP contribution in [0, 0.1) is 21.7 Å². The second-order valence-corrected chi connectivity index (χ2v) is 8.20. The molecule has 0 amide bonds. The summed E-state index contributed by atoms with van der Waals surface area (Å²) in [6.07, 6.45) is 1.01. The maximum atomic E-state index is 13.6. The molecule has 0 fully saturated rings. The molecule has 0 saturated heterocycles. The summed E-state index contributed by atoms with van der Waals surface area (Å²) in [5.41, 5.74) is 1.82. The van der Waals surface area contributed by atoms with E-state index in [-0.39, 0.29) is 21.8 Å². The summed E-state index contributed by atoms with van der Waals surface area (Å²) in [7, 11) is -4.12. The Morgan fingerprint density at radius 2 is 1.74 bits per heavy atom. The molecule has 0 saturated carbocycles. The van der Waals surface area contributed by atoms with E-state index < -0.39 is 32.3 Å². The van der Waals surface area contributed by atoms with Crippen molar-refractivity contribution in [3.05, 3.63) is 93.0 Å². The molecule has 0 unspecified atom stereocenters. The number of nitro groups is 1. The Kier molecular flexibility index (Phi) is 6.47. The van der Waals surface area contributed by atoms with Crippen molar-refractivity contribution in [2.75, 3.05) is 10.1 Å². The zero-order chi connectivity index (χ0) is 22.6. The molecule has 0 radical (unpaired) electrons. The monoisotopic (exact) mass is 466 g/mol. The highest BCUT2D eigenvalue weighted by molar-refractivity contribution is 7.92. The van der Waals surface area contributed by atoms with Gasteiger partial charge in [0.1, 0.15) is 17.3 Å². The predicted molar refractivity (Wildman–Crippen MR) is 113 cm³/mol. The zero-order valence-electron chi connectivity index (χ0n) is 15.4. The topological polar surface area (TPSA) is 114 Å². The largest absolute Gasteiger partial charge is 0.295 e. The second kappa shape index (κ2) is 9.06. The lowest BCUT2D eigenvalue weighted by atomic mass is 10.2. The first-order chi connectivity index (χ1) is 14.7.